The smallest absolute Gasteiger partial charge is 0.243 e. The van der Waals surface area contributed by atoms with E-state index in [1.165, 1.54) is 44.2 Å². The lowest BCUT2D eigenvalue weighted by Gasteiger charge is -2.22. The van der Waals surface area contributed by atoms with E-state index in [4.69, 9.17) is 0 Å². The van der Waals surface area contributed by atoms with Gasteiger partial charge in [-0.05, 0) is 38.0 Å². The molecule has 0 spiro atoms. The van der Waals surface area contributed by atoms with Crippen LogP contribution in [-0.4, -0.2) is 11.6 Å². The van der Waals surface area contributed by atoms with Crippen LogP contribution in [0.25, 0.3) is 0 Å². The highest BCUT2D eigenvalue weighted by Crippen LogP contribution is 2.24. The van der Waals surface area contributed by atoms with Gasteiger partial charge >= 0.3 is 0 Å². The lowest BCUT2D eigenvalue weighted by molar-refractivity contribution is -0.125. The van der Waals surface area contributed by atoms with Crippen LogP contribution in [-0.2, 0) is 4.79 Å². The molecule has 17 heavy (non-hydrogen) atoms. The van der Waals surface area contributed by atoms with Gasteiger partial charge in [-0.2, -0.15) is 5.10 Å². The first-order chi connectivity index (χ1) is 8.27. The van der Waals surface area contributed by atoms with E-state index >= 15 is 0 Å². The van der Waals surface area contributed by atoms with Crippen LogP contribution in [0.4, 0.5) is 0 Å². The Labute approximate surface area is 104 Å². The molecule has 96 valence electrons. The van der Waals surface area contributed by atoms with Crippen LogP contribution in [0.2, 0.25) is 0 Å². The van der Waals surface area contributed by atoms with E-state index in [-0.39, 0.29) is 11.8 Å². The number of nitrogens with zero attached hydrogens (tertiary/aromatic N) is 1. The van der Waals surface area contributed by atoms with Gasteiger partial charge < -0.3 is 0 Å². The van der Waals surface area contributed by atoms with Gasteiger partial charge in [0.15, 0.2) is 0 Å². The molecule has 0 aromatic carbocycles. The summed E-state index contributed by atoms with van der Waals surface area (Å²) in [6.07, 6.45) is 10.6. The molecule has 0 aromatic heterocycles. The Morgan fingerprint density at radius 1 is 1.12 bits per heavy atom. The van der Waals surface area contributed by atoms with E-state index < -0.39 is 0 Å². The fourth-order valence-corrected chi connectivity index (χ4v) is 2.92. The van der Waals surface area contributed by atoms with Crippen molar-refractivity contribution in [3.05, 3.63) is 0 Å². The second kappa shape index (κ2) is 6.18. The van der Waals surface area contributed by atoms with Gasteiger partial charge in [-0.1, -0.05) is 32.6 Å². The Balaban J connectivity index is 1.83. The number of hydrogen-bond donors (Lipinski definition) is 1. The van der Waals surface area contributed by atoms with Crippen LogP contribution in [0.3, 0.4) is 0 Å². The second-order valence-corrected chi connectivity index (χ2v) is 5.56. The fraction of sp³-hybridized carbons (Fsp3) is 0.857. The Kier molecular flexibility index (Phi) is 4.57. The molecule has 2 saturated carbocycles. The molecule has 0 heterocycles. The quantitative estimate of drug-likeness (QED) is 0.735. The van der Waals surface area contributed by atoms with Gasteiger partial charge in [-0.15, -0.1) is 0 Å². The van der Waals surface area contributed by atoms with Crippen molar-refractivity contribution in [2.45, 2.75) is 64.7 Å². The molecule has 3 heteroatoms. The van der Waals surface area contributed by atoms with Crippen LogP contribution in [0.5, 0.6) is 0 Å². The normalized spacial score (nSPS) is 29.2. The molecule has 0 saturated heterocycles. The number of hydrogen-bond acceptors (Lipinski definition) is 2. The average Bonchev–Trinajstić information content (AvgIpc) is 2.38. The summed E-state index contributed by atoms with van der Waals surface area (Å²) in [5.41, 5.74) is 4.00. The van der Waals surface area contributed by atoms with Crippen LogP contribution in [0.15, 0.2) is 5.10 Å². The summed E-state index contributed by atoms with van der Waals surface area (Å²) in [5.74, 6) is 0.914. The lowest BCUT2D eigenvalue weighted by atomic mass is 9.88. The highest BCUT2D eigenvalue weighted by atomic mass is 16.2. The molecule has 0 aliphatic heterocycles. The minimum absolute atomic E-state index is 0.148. The molecule has 1 amide bonds. The summed E-state index contributed by atoms with van der Waals surface area (Å²) in [4.78, 5) is 11.9. The first kappa shape index (κ1) is 12.6. The van der Waals surface area contributed by atoms with Crippen molar-refractivity contribution in [3.63, 3.8) is 0 Å². The predicted octanol–water partition coefficient (Wildman–Crippen LogP) is 3.25. The maximum absolute atomic E-state index is 11.9. The molecule has 1 unspecified atom stereocenters. The highest BCUT2D eigenvalue weighted by molar-refractivity contribution is 5.88. The molecule has 1 N–H and O–H groups in total. The maximum Gasteiger partial charge on any atom is 0.243 e. The second-order valence-electron chi connectivity index (χ2n) is 5.56. The summed E-state index contributed by atoms with van der Waals surface area (Å²) in [5, 5.41) is 4.36. The van der Waals surface area contributed by atoms with Crippen molar-refractivity contribution in [1.29, 1.82) is 0 Å². The summed E-state index contributed by atoms with van der Waals surface area (Å²) < 4.78 is 0. The van der Waals surface area contributed by atoms with Gasteiger partial charge in [0.05, 0.1) is 0 Å². The zero-order valence-electron chi connectivity index (χ0n) is 10.9. The molecule has 0 bridgehead atoms. The first-order valence-corrected chi connectivity index (χ1v) is 7.13. The number of amides is 1. The zero-order valence-corrected chi connectivity index (χ0v) is 10.9. The minimum atomic E-state index is 0.148. The van der Waals surface area contributed by atoms with E-state index in [9.17, 15) is 4.79 Å². The van der Waals surface area contributed by atoms with Gasteiger partial charge in [0.1, 0.15) is 0 Å². The summed E-state index contributed by atoms with van der Waals surface area (Å²) in [6, 6.07) is 0. The van der Waals surface area contributed by atoms with Gasteiger partial charge in [0.25, 0.3) is 0 Å². The molecule has 0 radical (unpaired) electrons. The topological polar surface area (TPSA) is 41.5 Å². The van der Waals surface area contributed by atoms with E-state index in [2.05, 4.69) is 17.5 Å². The van der Waals surface area contributed by atoms with Crippen LogP contribution in [0, 0.1) is 11.8 Å². The Hall–Kier alpha value is -0.860. The van der Waals surface area contributed by atoms with Crippen molar-refractivity contribution >= 4 is 11.6 Å². The zero-order chi connectivity index (χ0) is 12.1. The molecule has 1 atom stereocenters. The molecule has 2 rings (SSSR count). The third-order valence-electron chi connectivity index (χ3n) is 4.17. The SMILES string of the molecule is CC1CCCCC1=NNC(=O)C1CCCCC1. The monoisotopic (exact) mass is 236 g/mol. The number of carbonyl (C=O) groups is 1. The summed E-state index contributed by atoms with van der Waals surface area (Å²) >= 11 is 0. The third kappa shape index (κ3) is 3.55. The van der Waals surface area contributed by atoms with E-state index in [1.54, 1.807) is 0 Å². The Morgan fingerprint density at radius 2 is 1.82 bits per heavy atom. The Morgan fingerprint density at radius 3 is 2.53 bits per heavy atom. The lowest BCUT2D eigenvalue weighted by Crippen LogP contribution is -2.30. The molecule has 0 aromatic rings. The highest BCUT2D eigenvalue weighted by Gasteiger charge is 2.21. The van der Waals surface area contributed by atoms with Crippen LogP contribution < -0.4 is 5.43 Å². The Bertz CT molecular complexity index is 293. The van der Waals surface area contributed by atoms with E-state index in [1.807, 2.05) is 0 Å². The number of hydrazone groups is 1. The van der Waals surface area contributed by atoms with Crippen molar-refractivity contribution in [2.75, 3.05) is 0 Å². The van der Waals surface area contributed by atoms with Crippen LogP contribution >= 0.6 is 0 Å². The molecule has 2 aliphatic rings. The van der Waals surface area contributed by atoms with Gasteiger partial charge in [-0.3, -0.25) is 4.79 Å². The molecule has 2 aliphatic carbocycles. The van der Waals surface area contributed by atoms with Gasteiger partial charge in [0.2, 0.25) is 5.91 Å². The number of carbonyl (C=O) groups excluding carboxylic acids is 1. The molecular weight excluding hydrogens is 212 g/mol. The van der Waals surface area contributed by atoms with Gasteiger partial charge in [-0.25, -0.2) is 5.43 Å². The summed E-state index contributed by atoms with van der Waals surface area (Å²) in [6.45, 7) is 2.21. The van der Waals surface area contributed by atoms with E-state index in [0.717, 1.165) is 19.3 Å². The van der Waals surface area contributed by atoms with Crippen molar-refractivity contribution < 1.29 is 4.79 Å². The average molecular weight is 236 g/mol. The van der Waals surface area contributed by atoms with Crippen molar-refractivity contribution in [1.82, 2.24) is 5.43 Å². The fourth-order valence-electron chi connectivity index (χ4n) is 2.92. The first-order valence-electron chi connectivity index (χ1n) is 7.13. The standard InChI is InChI=1S/C14H24N2O/c1-11-7-5-6-10-13(11)15-16-14(17)12-8-3-2-4-9-12/h11-12H,2-10H2,1H3,(H,16,17). The largest absolute Gasteiger partial charge is 0.273 e. The molecule has 2 fully saturated rings. The van der Waals surface area contributed by atoms with Gasteiger partial charge in [0, 0.05) is 11.6 Å². The van der Waals surface area contributed by atoms with Crippen molar-refractivity contribution in [2.24, 2.45) is 16.9 Å². The predicted molar refractivity (Wildman–Crippen MR) is 69.8 cm³/mol. The summed E-state index contributed by atoms with van der Waals surface area (Å²) in [7, 11) is 0. The maximum atomic E-state index is 11.9. The number of nitrogens with one attached hydrogen (secondary N) is 1. The third-order valence-corrected chi connectivity index (χ3v) is 4.17. The van der Waals surface area contributed by atoms with Crippen molar-refractivity contribution in [3.8, 4) is 0 Å². The number of rotatable bonds is 2. The molecular formula is C14H24N2O. The van der Waals surface area contributed by atoms with E-state index in [0.29, 0.717) is 5.92 Å². The molecule has 3 nitrogen and oxygen atoms in total. The van der Waals surface area contributed by atoms with Crippen LogP contribution in [0.1, 0.15) is 64.7 Å². The minimum Gasteiger partial charge on any atom is -0.273 e.